The average molecular weight is 249 g/mol. The topological polar surface area (TPSA) is 23.5 Å². The van der Waals surface area contributed by atoms with Crippen molar-refractivity contribution < 1.29 is 13.9 Å². The lowest BCUT2D eigenvalue weighted by molar-refractivity contribution is -0.00352. The molecule has 0 amide bonds. The zero-order chi connectivity index (χ0) is 12.8. The van der Waals surface area contributed by atoms with Crippen molar-refractivity contribution in [3.8, 4) is 0 Å². The Hall–Kier alpha value is -0.220. The Labute approximate surface area is 103 Å². The number of aliphatic hydroxyl groups excluding tert-OH is 1. The van der Waals surface area contributed by atoms with Crippen LogP contribution in [-0.2, 0) is 0 Å². The quantitative estimate of drug-likeness (QED) is 0.782. The van der Waals surface area contributed by atoms with Gasteiger partial charge in [-0.05, 0) is 38.1 Å². The van der Waals surface area contributed by atoms with Gasteiger partial charge in [0.1, 0.15) is 0 Å². The van der Waals surface area contributed by atoms with E-state index in [-0.39, 0.29) is 18.7 Å². The maximum absolute atomic E-state index is 12.6. The van der Waals surface area contributed by atoms with Crippen LogP contribution in [0.5, 0.6) is 0 Å². The highest BCUT2D eigenvalue weighted by atomic mass is 19.3. The zero-order valence-electron chi connectivity index (χ0n) is 10.9. The molecular formula is C13H25F2NO. The molecule has 17 heavy (non-hydrogen) atoms. The highest BCUT2D eigenvalue weighted by Gasteiger charge is 2.33. The van der Waals surface area contributed by atoms with Crippen LogP contribution in [-0.4, -0.2) is 41.7 Å². The van der Waals surface area contributed by atoms with Gasteiger partial charge in [-0.25, -0.2) is 8.78 Å². The molecule has 3 atom stereocenters. The van der Waals surface area contributed by atoms with Crippen LogP contribution < -0.4 is 0 Å². The number of aliphatic hydroxyl groups is 1. The second-order valence-corrected chi connectivity index (χ2v) is 5.09. The third-order valence-electron chi connectivity index (χ3n) is 3.81. The fraction of sp³-hybridized carbons (Fsp3) is 1.00. The minimum absolute atomic E-state index is 0.137. The maximum Gasteiger partial charge on any atom is 0.251 e. The summed E-state index contributed by atoms with van der Waals surface area (Å²) in [7, 11) is 0. The van der Waals surface area contributed by atoms with Crippen molar-refractivity contribution >= 4 is 0 Å². The van der Waals surface area contributed by atoms with Crippen molar-refractivity contribution in [1.82, 2.24) is 4.90 Å². The van der Waals surface area contributed by atoms with E-state index in [0.29, 0.717) is 18.9 Å². The van der Waals surface area contributed by atoms with Crippen LogP contribution >= 0.6 is 0 Å². The van der Waals surface area contributed by atoms with E-state index in [1.165, 1.54) is 0 Å². The van der Waals surface area contributed by atoms with Gasteiger partial charge in [-0.15, -0.1) is 0 Å². The average Bonchev–Trinajstić information content (AvgIpc) is 2.28. The molecule has 0 aliphatic heterocycles. The van der Waals surface area contributed by atoms with Crippen LogP contribution in [0.1, 0.15) is 46.0 Å². The highest BCUT2D eigenvalue weighted by molar-refractivity contribution is 4.86. The number of alkyl halides is 2. The molecule has 0 bridgehead atoms. The van der Waals surface area contributed by atoms with Crippen molar-refractivity contribution in [2.45, 2.75) is 64.5 Å². The van der Waals surface area contributed by atoms with Gasteiger partial charge < -0.3 is 5.11 Å². The molecule has 1 rings (SSSR count). The summed E-state index contributed by atoms with van der Waals surface area (Å²) in [5.41, 5.74) is 0. The molecule has 102 valence electrons. The second kappa shape index (κ2) is 7.27. The fourth-order valence-electron chi connectivity index (χ4n) is 2.97. The van der Waals surface area contributed by atoms with E-state index in [0.717, 1.165) is 25.7 Å². The number of nitrogens with zero attached hydrogens (tertiary/aromatic N) is 1. The van der Waals surface area contributed by atoms with E-state index in [9.17, 15) is 13.9 Å². The Kier molecular flexibility index (Phi) is 6.34. The lowest BCUT2D eigenvalue weighted by Gasteiger charge is -2.41. The predicted octanol–water partition coefficient (Wildman–Crippen LogP) is 2.90. The summed E-state index contributed by atoms with van der Waals surface area (Å²) in [5.74, 6) is 0.462. The van der Waals surface area contributed by atoms with Crippen LogP contribution in [0.4, 0.5) is 8.78 Å². The first-order valence-electron chi connectivity index (χ1n) is 6.78. The molecule has 0 heterocycles. The van der Waals surface area contributed by atoms with Gasteiger partial charge >= 0.3 is 0 Å². The second-order valence-electron chi connectivity index (χ2n) is 5.09. The normalized spacial score (nSPS) is 30.2. The van der Waals surface area contributed by atoms with E-state index < -0.39 is 6.43 Å². The molecule has 0 aromatic carbocycles. The van der Waals surface area contributed by atoms with Crippen LogP contribution in [0.2, 0.25) is 0 Å². The van der Waals surface area contributed by atoms with Crippen molar-refractivity contribution in [3.05, 3.63) is 0 Å². The molecule has 0 spiro atoms. The van der Waals surface area contributed by atoms with Crippen molar-refractivity contribution in [2.24, 2.45) is 5.92 Å². The molecule has 1 aliphatic rings. The maximum atomic E-state index is 12.6. The summed E-state index contributed by atoms with van der Waals surface area (Å²) in [4.78, 5) is 1.89. The van der Waals surface area contributed by atoms with Gasteiger partial charge in [0.05, 0.1) is 12.6 Å². The molecule has 1 saturated carbocycles. The molecule has 1 fully saturated rings. The molecule has 0 saturated heterocycles. The first kappa shape index (κ1) is 14.8. The number of halogens is 2. The van der Waals surface area contributed by atoms with Gasteiger partial charge in [0.2, 0.25) is 0 Å². The van der Waals surface area contributed by atoms with Crippen molar-refractivity contribution in [2.75, 3.05) is 13.1 Å². The molecule has 2 nitrogen and oxygen atoms in total. The van der Waals surface area contributed by atoms with E-state index in [4.69, 9.17) is 0 Å². The van der Waals surface area contributed by atoms with Gasteiger partial charge in [0, 0.05) is 6.04 Å². The lowest BCUT2D eigenvalue weighted by atomic mass is 9.80. The number of rotatable bonds is 6. The molecular weight excluding hydrogens is 224 g/mol. The lowest BCUT2D eigenvalue weighted by Crippen LogP contribution is -2.47. The van der Waals surface area contributed by atoms with Crippen molar-refractivity contribution in [3.63, 3.8) is 0 Å². The third kappa shape index (κ3) is 4.51. The molecule has 3 unspecified atom stereocenters. The summed E-state index contributed by atoms with van der Waals surface area (Å²) in [6.45, 7) is 4.68. The van der Waals surface area contributed by atoms with E-state index >= 15 is 0 Å². The van der Waals surface area contributed by atoms with Crippen LogP contribution in [0.3, 0.4) is 0 Å². The smallest absolute Gasteiger partial charge is 0.251 e. The Balaban J connectivity index is 2.66. The zero-order valence-corrected chi connectivity index (χ0v) is 10.9. The summed E-state index contributed by atoms with van der Waals surface area (Å²) >= 11 is 0. The molecule has 0 aromatic rings. The third-order valence-corrected chi connectivity index (χ3v) is 3.81. The minimum atomic E-state index is -2.28. The monoisotopic (exact) mass is 249 g/mol. The molecule has 0 aromatic heterocycles. The Morgan fingerprint density at radius 1 is 1.29 bits per heavy atom. The summed E-state index contributed by atoms with van der Waals surface area (Å²) in [6.07, 6.45) is 1.76. The SMILES string of the molecule is CCCN(CC(F)F)C1CC(O)CCC1CC. The van der Waals surface area contributed by atoms with E-state index in [1.54, 1.807) is 0 Å². The van der Waals surface area contributed by atoms with E-state index in [1.807, 2.05) is 11.8 Å². The van der Waals surface area contributed by atoms with Gasteiger partial charge in [-0.3, -0.25) is 4.90 Å². The number of hydrogen-bond donors (Lipinski definition) is 1. The Bertz CT molecular complexity index is 214. The van der Waals surface area contributed by atoms with Crippen molar-refractivity contribution in [1.29, 1.82) is 0 Å². The Morgan fingerprint density at radius 2 is 2.00 bits per heavy atom. The molecule has 1 N–H and O–H groups in total. The van der Waals surface area contributed by atoms with Gasteiger partial charge in [-0.2, -0.15) is 0 Å². The summed E-state index contributed by atoms with van der Waals surface area (Å²) in [5, 5.41) is 9.73. The molecule has 1 aliphatic carbocycles. The van der Waals surface area contributed by atoms with E-state index in [2.05, 4.69) is 6.92 Å². The van der Waals surface area contributed by atoms with Gasteiger partial charge in [-0.1, -0.05) is 20.3 Å². The Morgan fingerprint density at radius 3 is 2.53 bits per heavy atom. The van der Waals surface area contributed by atoms with Gasteiger partial charge in [0.15, 0.2) is 0 Å². The highest BCUT2D eigenvalue weighted by Crippen LogP contribution is 2.31. The van der Waals surface area contributed by atoms with Crippen LogP contribution in [0.15, 0.2) is 0 Å². The summed E-state index contributed by atoms with van der Waals surface area (Å²) in [6, 6.07) is 0.137. The molecule has 0 radical (unpaired) electrons. The minimum Gasteiger partial charge on any atom is -0.393 e. The molecule has 4 heteroatoms. The van der Waals surface area contributed by atoms with Gasteiger partial charge in [0.25, 0.3) is 6.43 Å². The largest absolute Gasteiger partial charge is 0.393 e. The van der Waals surface area contributed by atoms with Crippen LogP contribution in [0, 0.1) is 5.92 Å². The van der Waals surface area contributed by atoms with Crippen LogP contribution in [0.25, 0.3) is 0 Å². The number of hydrogen-bond acceptors (Lipinski definition) is 2. The standard InChI is InChI=1S/C13H25F2NO/c1-3-7-16(9-13(14)15)12-8-11(17)6-5-10(12)4-2/h10-13,17H,3-9H2,1-2H3. The predicted molar refractivity (Wildman–Crippen MR) is 65.3 cm³/mol. The summed E-state index contributed by atoms with van der Waals surface area (Å²) < 4.78 is 25.2. The first-order valence-corrected chi connectivity index (χ1v) is 6.78. The first-order chi connectivity index (χ1) is 8.08. The fourth-order valence-corrected chi connectivity index (χ4v) is 2.97.